The van der Waals surface area contributed by atoms with E-state index in [2.05, 4.69) is 15.1 Å². The van der Waals surface area contributed by atoms with Gasteiger partial charge in [-0.2, -0.15) is 8.78 Å². The van der Waals surface area contributed by atoms with Crippen molar-refractivity contribution in [1.82, 2.24) is 15.1 Å². The van der Waals surface area contributed by atoms with Crippen molar-refractivity contribution in [3.05, 3.63) is 35.2 Å². The van der Waals surface area contributed by atoms with Crippen LogP contribution in [0.2, 0.25) is 0 Å². The van der Waals surface area contributed by atoms with Crippen molar-refractivity contribution in [2.24, 2.45) is 5.73 Å². The third-order valence-corrected chi connectivity index (χ3v) is 5.08. The van der Waals surface area contributed by atoms with Gasteiger partial charge in [0, 0.05) is 30.7 Å². The molecule has 24 heavy (non-hydrogen) atoms. The minimum Gasteiger partial charge on any atom is -0.415 e. The molecule has 1 aromatic carbocycles. The first-order chi connectivity index (χ1) is 11.6. The van der Waals surface area contributed by atoms with Crippen LogP contribution in [0.25, 0.3) is 11.5 Å². The molecule has 0 spiro atoms. The SMILES string of the molecule is N[C@@H]1CCCC[C@H]1N1Cc2ccc(-c3nnc(C(F)F)o3)cc2C1. The number of alkyl halides is 2. The lowest BCUT2D eigenvalue weighted by Gasteiger charge is -2.35. The van der Waals surface area contributed by atoms with E-state index in [4.69, 9.17) is 10.2 Å². The van der Waals surface area contributed by atoms with Crippen molar-refractivity contribution in [3.8, 4) is 11.5 Å². The second kappa shape index (κ2) is 6.22. The second-order valence-electron chi connectivity index (χ2n) is 6.65. The molecule has 1 aromatic heterocycles. The topological polar surface area (TPSA) is 68.2 Å². The van der Waals surface area contributed by atoms with Crippen LogP contribution in [0, 0.1) is 0 Å². The summed E-state index contributed by atoms with van der Waals surface area (Å²) in [4.78, 5) is 2.43. The summed E-state index contributed by atoms with van der Waals surface area (Å²) in [6.45, 7) is 1.72. The molecule has 2 heterocycles. The predicted molar refractivity (Wildman–Crippen MR) is 84.2 cm³/mol. The van der Waals surface area contributed by atoms with E-state index in [1.54, 1.807) is 0 Å². The van der Waals surface area contributed by atoms with Gasteiger partial charge < -0.3 is 10.2 Å². The molecule has 1 aliphatic heterocycles. The summed E-state index contributed by atoms with van der Waals surface area (Å²) >= 11 is 0. The number of benzene rings is 1. The first kappa shape index (κ1) is 15.7. The van der Waals surface area contributed by atoms with Crippen LogP contribution in [-0.2, 0) is 13.1 Å². The number of fused-ring (bicyclic) bond motifs is 1. The molecular formula is C17H20F2N4O. The molecule has 2 aromatic rings. The van der Waals surface area contributed by atoms with Gasteiger partial charge in [0.1, 0.15) is 0 Å². The maximum atomic E-state index is 12.6. The van der Waals surface area contributed by atoms with Crippen molar-refractivity contribution in [1.29, 1.82) is 0 Å². The Labute approximate surface area is 138 Å². The number of aromatic nitrogens is 2. The van der Waals surface area contributed by atoms with Crippen LogP contribution in [0.1, 0.15) is 49.1 Å². The average molecular weight is 334 g/mol. The Balaban J connectivity index is 1.54. The van der Waals surface area contributed by atoms with Crippen LogP contribution < -0.4 is 5.73 Å². The molecule has 1 aliphatic carbocycles. The Bertz CT molecular complexity index is 733. The standard InChI is InChI=1S/C17H20F2N4O/c18-15(19)17-22-21-16(24-17)10-5-6-11-8-23(9-12(11)7-10)14-4-2-1-3-13(14)20/h5-7,13-15H,1-4,8-9,20H2/t13-,14-/m1/s1. The number of hydrogen-bond acceptors (Lipinski definition) is 5. The lowest BCUT2D eigenvalue weighted by molar-refractivity contribution is 0.116. The lowest BCUT2D eigenvalue weighted by Crippen LogP contribution is -2.47. The van der Waals surface area contributed by atoms with Crippen LogP contribution in [0.15, 0.2) is 22.6 Å². The summed E-state index contributed by atoms with van der Waals surface area (Å²) in [5.74, 6) is -0.499. The maximum Gasteiger partial charge on any atom is 0.314 e. The molecule has 2 N–H and O–H groups in total. The molecule has 1 saturated carbocycles. The molecule has 5 nitrogen and oxygen atoms in total. The minimum atomic E-state index is -2.75. The van der Waals surface area contributed by atoms with Gasteiger partial charge in [-0.1, -0.05) is 18.9 Å². The van der Waals surface area contributed by atoms with Crippen LogP contribution in [0.5, 0.6) is 0 Å². The molecule has 7 heteroatoms. The highest BCUT2D eigenvalue weighted by atomic mass is 19.3. The van der Waals surface area contributed by atoms with Crippen LogP contribution in [0.4, 0.5) is 8.78 Å². The fourth-order valence-electron chi connectivity index (χ4n) is 3.82. The summed E-state index contributed by atoms with van der Waals surface area (Å²) in [6.07, 6.45) is 1.93. The molecule has 0 saturated heterocycles. The van der Waals surface area contributed by atoms with Crippen molar-refractivity contribution in [2.75, 3.05) is 0 Å². The average Bonchev–Trinajstić information content (AvgIpc) is 3.21. The number of rotatable bonds is 3. The van der Waals surface area contributed by atoms with E-state index in [0.717, 1.165) is 25.9 Å². The third-order valence-electron chi connectivity index (χ3n) is 5.08. The monoisotopic (exact) mass is 334 g/mol. The zero-order valence-corrected chi connectivity index (χ0v) is 13.3. The van der Waals surface area contributed by atoms with Gasteiger partial charge in [-0.15, -0.1) is 10.2 Å². The Kier molecular flexibility index (Phi) is 4.05. The smallest absolute Gasteiger partial charge is 0.314 e. The van der Waals surface area contributed by atoms with Crippen molar-refractivity contribution in [3.63, 3.8) is 0 Å². The zero-order chi connectivity index (χ0) is 16.7. The van der Waals surface area contributed by atoms with Gasteiger partial charge >= 0.3 is 6.43 Å². The van der Waals surface area contributed by atoms with Gasteiger partial charge in [-0.25, -0.2) is 0 Å². The molecule has 4 rings (SSSR count). The highest BCUT2D eigenvalue weighted by Gasteiger charge is 2.31. The van der Waals surface area contributed by atoms with Gasteiger partial charge in [0.25, 0.3) is 5.89 Å². The van der Waals surface area contributed by atoms with Gasteiger partial charge in [-0.3, -0.25) is 4.90 Å². The van der Waals surface area contributed by atoms with Gasteiger partial charge in [0.2, 0.25) is 5.89 Å². The highest BCUT2D eigenvalue weighted by Crippen LogP contribution is 2.33. The highest BCUT2D eigenvalue weighted by molar-refractivity contribution is 5.56. The normalized spacial score (nSPS) is 24.5. The maximum absolute atomic E-state index is 12.6. The molecule has 0 bridgehead atoms. The van der Waals surface area contributed by atoms with E-state index in [9.17, 15) is 8.78 Å². The number of nitrogens with zero attached hydrogens (tertiary/aromatic N) is 3. The first-order valence-corrected chi connectivity index (χ1v) is 8.35. The van der Waals surface area contributed by atoms with Crippen LogP contribution >= 0.6 is 0 Å². The molecule has 2 atom stereocenters. The molecule has 1 fully saturated rings. The molecule has 128 valence electrons. The Morgan fingerprint density at radius 2 is 1.92 bits per heavy atom. The lowest BCUT2D eigenvalue weighted by atomic mass is 9.90. The molecular weight excluding hydrogens is 314 g/mol. The summed E-state index contributed by atoms with van der Waals surface area (Å²) < 4.78 is 30.2. The minimum absolute atomic E-state index is 0.140. The fraction of sp³-hybridized carbons (Fsp3) is 0.529. The molecule has 2 aliphatic rings. The Hall–Kier alpha value is -1.86. The summed E-state index contributed by atoms with van der Waals surface area (Å²) in [5, 5.41) is 7.11. The van der Waals surface area contributed by atoms with E-state index in [0.29, 0.717) is 11.6 Å². The molecule has 0 amide bonds. The van der Waals surface area contributed by atoms with E-state index in [-0.39, 0.29) is 11.9 Å². The van der Waals surface area contributed by atoms with E-state index < -0.39 is 12.3 Å². The molecule has 0 radical (unpaired) electrons. The van der Waals surface area contributed by atoms with E-state index in [1.807, 2.05) is 18.2 Å². The third kappa shape index (κ3) is 2.82. The molecule has 0 unspecified atom stereocenters. The van der Waals surface area contributed by atoms with Gasteiger partial charge in [0.15, 0.2) is 0 Å². The predicted octanol–water partition coefficient (Wildman–Crippen LogP) is 3.26. The zero-order valence-electron chi connectivity index (χ0n) is 13.3. The summed E-state index contributed by atoms with van der Waals surface area (Å²) in [5.41, 5.74) is 9.42. The Morgan fingerprint density at radius 1 is 1.12 bits per heavy atom. The number of nitrogens with two attached hydrogens (primary N) is 1. The van der Waals surface area contributed by atoms with Crippen LogP contribution in [0.3, 0.4) is 0 Å². The van der Waals surface area contributed by atoms with Crippen molar-refractivity contribution < 1.29 is 13.2 Å². The first-order valence-electron chi connectivity index (χ1n) is 8.35. The second-order valence-corrected chi connectivity index (χ2v) is 6.65. The van der Waals surface area contributed by atoms with Crippen LogP contribution in [-0.4, -0.2) is 27.2 Å². The Morgan fingerprint density at radius 3 is 2.67 bits per heavy atom. The van der Waals surface area contributed by atoms with Crippen molar-refractivity contribution in [2.45, 2.75) is 57.3 Å². The van der Waals surface area contributed by atoms with Gasteiger partial charge in [-0.05, 0) is 36.1 Å². The number of hydrogen-bond donors (Lipinski definition) is 1. The largest absolute Gasteiger partial charge is 0.415 e. The van der Waals surface area contributed by atoms with E-state index >= 15 is 0 Å². The summed E-state index contributed by atoms with van der Waals surface area (Å²) in [6, 6.07) is 6.49. The van der Waals surface area contributed by atoms with Crippen molar-refractivity contribution >= 4 is 0 Å². The summed E-state index contributed by atoms with van der Waals surface area (Å²) in [7, 11) is 0. The van der Waals surface area contributed by atoms with Gasteiger partial charge in [0.05, 0.1) is 0 Å². The number of halogens is 2. The van der Waals surface area contributed by atoms with E-state index in [1.165, 1.54) is 24.0 Å². The quantitative estimate of drug-likeness (QED) is 0.933. The fourth-order valence-corrected chi connectivity index (χ4v) is 3.82.